The highest BCUT2D eigenvalue weighted by atomic mass is 35.5. The van der Waals surface area contributed by atoms with E-state index in [1.807, 2.05) is 61.5 Å². The van der Waals surface area contributed by atoms with E-state index in [4.69, 9.17) is 16.3 Å². The average Bonchev–Trinajstić information content (AvgIpc) is 3.30. The Morgan fingerprint density at radius 3 is 2.35 bits per heavy atom. The molecule has 0 aromatic heterocycles. The van der Waals surface area contributed by atoms with Crippen molar-refractivity contribution in [3.05, 3.63) is 77.3 Å². The van der Waals surface area contributed by atoms with Crippen molar-refractivity contribution in [3.8, 4) is 0 Å². The number of anilines is 1. The standard InChI is InChI=1S/C26H26ClNO3/c1-2-28(23-11-7-9-19-8-3-4-10-22(19)23)24(29)18-31-25(30)26(16-5-6-17-26)20-12-14-21(27)15-13-20/h3-4,7-15H,2,5-6,16-18H2,1H3. The predicted octanol–water partition coefficient (Wildman–Crippen LogP) is 5.90. The lowest BCUT2D eigenvalue weighted by Crippen LogP contribution is -2.39. The summed E-state index contributed by atoms with van der Waals surface area (Å²) < 4.78 is 5.63. The topological polar surface area (TPSA) is 46.6 Å². The third kappa shape index (κ3) is 4.17. The fourth-order valence-electron chi connectivity index (χ4n) is 4.63. The van der Waals surface area contributed by atoms with Crippen molar-refractivity contribution < 1.29 is 14.3 Å². The number of carbonyl (C=O) groups excluding carboxylic acids is 2. The third-order valence-corrected chi connectivity index (χ3v) is 6.50. The van der Waals surface area contributed by atoms with Crippen LogP contribution in [0.2, 0.25) is 5.02 Å². The Morgan fingerprint density at radius 1 is 0.968 bits per heavy atom. The number of nitrogens with zero attached hydrogens (tertiary/aromatic N) is 1. The fraction of sp³-hybridized carbons (Fsp3) is 0.308. The molecule has 0 radical (unpaired) electrons. The zero-order valence-corrected chi connectivity index (χ0v) is 18.4. The summed E-state index contributed by atoms with van der Waals surface area (Å²) in [6.45, 7) is 2.14. The van der Waals surface area contributed by atoms with Gasteiger partial charge in [-0.1, -0.05) is 73.0 Å². The van der Waals surface area contributed by atoms with Crippen molar-refractivity contribution in [3.63, 3.8) is 0 Å². The lowest BCUT2D eigenvalue weighted by Gasteiger charge is -2.28. The highest BCUT2D eigenvalue weighted by Crippen LogP contribution is 2.42. The van der Waals surface area contributed by atoms with E-state index in [-0.39, 0.29) is 18.5 Å². The Hall–Kier alpha value is -2.85. The minimum absolute atomic E-state index is 0.226. The molecule has 0 saturated heterocycles. The van der Waals surface area contributed by atoms with Crippen molar-refractivity contribution in [2.75, 3.05) is 18.1 Å². The lowest BCUT2D eigenvalue weighted by atomic mass is 9.79. The van der Waals surface area contributed by atoms with Crippen LogP contribution in [0.15, 0.2) is 66.7 Å². The first kappa shape index (κ1) is 21.4. The minimum Gasteiger partial charge on any atom is -0.455 e. The van der Waals surface area contributed by atoms with Crippen LogP contribution in [-0.4, -0.2) is 25.0 Å². The maximum atomic E-state index is 13.2. The SMILES string of the molecule is CCN(C(=O)COC(=O)C1(c2ccc(Cl)cc2)CCCC1)c1cccc2ccccc12. The first-order chi connectivity index (χ1) is 15.0. The number of likely N-dealkylation sites (N-methyl/N-ethyl adjacent to an activating group) is 1. The molecular formula is C26H26ClNO3. The smallest absolute Gasteiger partial charge is 0.317 e. The van der Waals surface area contributed by atoms with Gasteiger partial charge in [-0.25, -0.2) is 0 Å². The zero-order chi connectivity index (χ0) is 21.8. The first-order valence-corrected chi connectivity index (χ1v) is 11.1. The van der Waals surface area contributed by atoms with E-state index < -0.39 is 5.41 Å². The number of ether oxygens (including phenoxy) is 1. The summed E-state index contributed by atoms with van der Waals surface area (Å²) >= 11 is 6.03. The molecule has 1 aliphatic carbocycles. The van der Waals surface area contributed by atoms with Crippen LogP contribution in [0.3, 0.4) is 0 Å². The molecule has 160 valence electrons. The fourth-order valence-corrected chi connectivity index (χ4v) is 4.75. The van der Waals surface area contributed by atoms with Gasteiger partial charge < -0.3 is 9.64 Å². The Bertz CT molecular complexity index is 1080. The number of benzene rings is 3. The van der Waals surface area contributed by atoms with Crippen LogP contribution < -0.4 is 4.90 Å². The van der Waals surface area contributed by atoms with E-state index in [2.05, 4.69) is 0 Å². The monoisotopic (exact) mass is 435 g/mol. The van der Waals surface area contributed by atoms with E-state index in [0.717, 1.165) is 47.7 Å². The van der Waals surface area contributed by atoms with E-state index in [1.54, 1.807) is 17.0 Å². The van der Waals surface area contributed by atoms with Gasteiger partial charge >= 0.3 is 5.97 Å². The molecule has 0 atom stereocenters. The Labute approximate surface area is 187 Å². The normalized spacial score (nSPS) is 15.0. The van der Waals surface area contributed by atoms with Crippen LogP contribution >= 0.6 is 11.6 Å². The molecule has 3 aromatic rings. The summed E-state index contributed by atoms with van der Waals surface area (Å²) in [5.74, 6) is -0.550. The molecule has 5 heteroatoms. The van der Waals surface area contributed by atoms with Gasteiger partial charge in [-0.15, -0.1) is 0 Å². The van der Waals surface area contributed by atoms with Crippen molar-refractivity contribution >= 4 is 39.9 Å². The molecule has 3 aromatic carbocycles. The molecule has 31 heavy (non-hydrogen) atoms. The van der Waals surface area contributed by atoms with Crippen molar-refractivity contribution in [1.29, 1.82) is 0 Å². The van der Waals surface area contributed by atoms with E-state index in [9.17, 15) is 9.59 Å². The van der Waals surface area contributed by atoms with Crippen LogP contribution in [0, 0.1) is 0 Å². The maximum Gasteiger partial charge on any atom is 0.317 e. The molecule has 4 rings (SSSR count). The van der Waals surface area contributed by atoms with Crippen molar-refractivity contribution in [2.24, 2.45) is 0 Å². The number of fused-ring (bicyclic) bond motifs is 1. The van der Waals surface area contributed by atoms with E-state index in [0.29, 0.717) is 11.6 Å². The molecular weight excluding hydrogens is 410 g/mol. The van der Waals surface area contributed by atoms with Crippen molar-refractivity contribution in [2.45, 2.75) is 38.0 Å². The molecule has 1 fully saturated rings. The molecule has 4 nitrogen and oxygen atoms in total. The molecule has 0 aliphatic heterocycles. The molecule has 0 N–H and O–H groups in total. The number of amides is 1. The minimum atomic E-state index is -0.693. The van der Waals surface area contributed by atoms with Crippen LogP contribution in [-0.2, 0) is 19.7 Å². The highest BCUT2D eigenvalue weighted by Gasteiger charge is 2.44. The average molecular weight is 436 g/mol. The van der Waals surface area contributed by atoms with Gasteiger partial charge in [0.05, 0.1) is 11.1 Å². The quantitative estimate of drug-likeness (QED) is 0.453. The molecule has 0 bridgehead atoms. The Morgan fingerprint density at radius 2 is 1.65 bits per heavy atom. The van der Waals surface area contributed by atoms with Crippen LogP contribution in [0.5, 0.6) is 0 Å². The number of halogens is 1. The highest BCUT2D eigenvalue weighted by molar-refractivity contribution is 6.30. The van der Waals surface area contributed by atoms with E-state index >= 15 is 0 Å². The Kier molecular flexibility index (Phi) is 6.28. The molecule has 0 spiro atoms. The Balaban J connectivity index is 1.52. The summed E-state index contributed by atoms with van der Waals surface area (Å²) in [5.41, 5.74) is 1.05. The molecule has 0 unspecified atom stereocenters. The van der Waals surface area contributed by atoms with Gasteiger partial charge in [-0.2, -0.15) is 0 Å². The number of rotatable bonds is 6. The van der Waals surface area contributed by atoms with Crippen molar-refractivity contribution in [1.82, 2.24) is 0 Å². The van der Waals surface area contributed by atoms with Gasteiger partial charge in [0.1, 0.15) is 0 Å². The summed E-state index contributed by atoms with van der Waals surface area (Å²) in [5, 5.41) is 2.70. The second-order valence-electron chi connectivity index (χ2n) is 8.01. The first-order valence-electron chi connectivity index (χ1n) is 10.8. The number of hydrogen-bond acceptors (Lipinski definition) is 3. The lowest BCUT2D eigenvalue weighted by molar-refractivity contribution is -0.153. The molecule has 1 aliphatic rings. The largest absolute Gasteiger partial charge is 0.455 e. The van der Waals surface area contributed by atoms with Gasteiger partial charge in [0.25, 0.3) is 5.91 Å². The summed E-state index contributed by atoms with van der Waals surface area (Å²) in [7, 11) is 0. The van der Waals surface area contributed by atoms with Crippen LogP contribution in [0.4, 0.5) is 5.69 Å². The number of hydrogen-bond donors (Lipinski definition) is 0. The van der Waals surface area contributed by atoms with Gasteiger partial charge in [0.2, 0.25) is 0 Å². The van der Waals surface area contributed by atoms with Crippen LogP contribution in [0.25, 0.3) is 10.8 Å². The number of esters is 1. The van der Waals surface area contributed by atoms with Gasteiger partial charge in [-0.3, -0.25) is 9.59 Å². The van der Waals surface area contributed by atoms with Gasteiger partial charge in [-0.05, 0) is 48.9 Å². The third-order valence-electron chi connectivity index (χ3n) is 6.25. The molecule has 1 saturated carbocycles. The van der Waals surface area contributed by atoms with Gasteiger partial charge in [0, 0.05) is 17.0 Å². The summed E-state index contributed by atoms with van der Waals surface area (Å²) in [6, 6.07) is 21.2. The van der Waals surface area contributed by atoms with Gasteiger partial charge in [0.15, 0.2) is 6.61 Å². The number of carbonyl (C=O) groups is 2. The van der Waals surface area contributed by atoms with E-state index in [1.165, 1.54) is 0 Å². The predicted molar refractivity (Wildman–Crippen MR) is 125 cm³/mol. The summed E-state index contributed by atoms with van der Waals surface area (Å²) in [4.78, 5) is 27.9. The second kappa shape index (κ2) is 9.11. The second-order valence-corrected chi connectivity index (χ2v) is 8.44. The zero-order valence-electron chi connectivity index (χ0n) is 17.6. The maximum absolute atomic E-state index is 13.2. The molecule has 0 heterocycles. The molecule has 1 amide bonds. The van der Waals surface area contributed by atoms with Crippen LogP contribution in [0.1, 0.15) is 38.2 Å². The summed E-state index contributed by atoms with van der Waals surface area (Å²) in [6.07, 6.45) is 3.37.